The monoisotopic (exact) mass is 209 g/mol. The largest absolute Gasteiger partial charge is 0.370 e. The molecule has 1 saturated heterocycles. The Balaban J connectivity index is 1.84. The van der Waals surface area contributed by atoms with E-state index in [4.69, 9.17) is 4.74 Å². The number of carbonyl (C=O) groups is 1. The zero-order valence-corrected chi connectivity index (χ0v) is 8.82. The van der Waals surface area contributed by atoms with Crippen molar-refractivity contribution in [2.75, 3.05) is 32.8 Å². The first-order valence-electron chi connectivity index (χ1n) is 5.42. The molecule has 1 aromatic rings. The van der Waals surface area contributed by atoms with Gasteiger partial charge in [0.25, 0.3) is 0 Å². The van der Waals surface area contributed by atoms with Crippen molar-refractivity contribution in [1.82, 2.24) is 4.57 Å². The van der Waals surface area contributed by atoms with Gasteiger partial charge >= 0.3 is 0 Å². The SMILES string of the molecule is O=Cc1cccn1CC[NH+]1CCOCC1. The summed E-state index contributed by atoms with van der Waals surface area (Å²) in [5.41, 5.74) is 0.766. The fourth-order valence-electron chi connectivity index (χ4n) is 1.93. The van der Waals surface area contributed by atoms with Crippen LogP contribution in [-0.2, 0) is 11.3 Å². The van der Waals surface area contributed by atoms with Crippen LogP contribution >= 0.6 is 0 Å². The van der Waals surface area contributed by atoms with Crippen LogP contribution in [0.5, 0.6) is 0 Å². The van der Waals surface area contributed by atoms with E-state index in [0.717, 1.165) is 51.4 Å². The second kappa shape index (κ2) is 5.09. The summed E-state index contributed by atoms with van der Waals surface area (Å²) in [6, 6.07) is 3.76. The van der Waals surface area contributed by atoms with E-state index in [-0.39, 0.29) is 0 Å². The fraction of sp³-hybridized carbons (Fsp3) is 0.545. The van der Waals surface area contributed by atoms with Gasteiger partial charge in [-0.2, -0.15) is 0 Å². The van der Waals surface area contributed by atoms with Gasteiger partial charge in [0.2, 0.25) is 0 Å². The first-order chi connectivity index (χ1) is 7.40. The summed E-state index contributed by atoms with van der Waals surface area (Å²) in [6.45, 7) is 5.87. The lowest BCUT2D eigenvalue weighted by atomic mass is 10.4. The van der Waals surface area contributed by atoms with Crippen LogP contribution < -0.4 is 4.90 Å². The molecular formula is C11H17N2O2+. The molecule has 1 fully saturated rings. The maximum atomic E-state index is 10.7. The lowest BCUT2D eigenvalue weighted by Crippen LogP contribution is -3.14. The van der Waals surface area contributed by atoms with Crippen molar-refractivity contribution in [2.45, 2.75) is 6.54 Å². The third-order valence-corrected chi connectivity index (χ3v) is 2.89. The second-order valence-electron chi connectivity index (χ2n) is 3.86. The highest BCUT2D eigenvalue weighted by atomic mass is 16.5. The Hall–Kier alpha value is -1.13. The molecule has 4 heteroatoms. The molecule has 0 atom stereocenters. The maximum Gasteiger partial charge on any atom is 0.166 e. The number of hydrogen-bond donors (Lipinski definition) is 1. The van der Waals surface area contributed by atoms with Crippen molar-refractivity contribution >= 4 is 6.29 Å². The smallest absolute Gasteiger partial charge is 0.166 e. The Morgan fingerprint density at radius 3 is 3.00 bits per heavy atom. The van der Waals surface area contributed by atoms with E-state index < -0.39 is 0 Å². The number of aldehydes is 1. The first-order valence-corrected chi connectivity index (χ1v) is 5.42. The van der Waals surface area contributed by atoms with Gasteiger partial charge in [0.05, 0.1) is 32.0 Å². The van der Waals surface area contributed by atoms with Gasteiger partial charge in [-0.25, -0.2) is 0 Å². The van der Waals surface area contributed by atoms with E-state index in [0.29, 0.717) is 0 Å². The number of nitrogens with zero attached hydrogens (tertiary/aromatic N) is 1. The molecule has 0 amide bonds. The van der Waals surface area contributed by atoms with Gasteiger partial charge in [0.1, 0.15) is 13.1 Å². The highest BCUT2D eigenvalue weighted by Gasteiger charge is 2.13. The molecule has 0 radical (unpaired) electrons. The molecule has 0 unspecified atom stereocenters. The molecule has 0 aromatic carbocycles. The van der Waals surface area contributed by atoms with Crippen LogP contribution in [0.2, 0.25) is 0 Å². The Labute approximate surface area is 89.4 Å². The van der Waals surface area contributed by atoms with Crippen LogP contribution in [0.4, 0.5) is 0 Å². The molecule has 1 aliphatic rings. The van der Waals surface area contributed by atoms with Crippen LogP contribution in [0.25, 0.3) is 0 Å². The number of ether oxygens (including phenoxy) is 1. The summed E-state index contributed by atoms with van der Waals surface area (Å²) < 4.78 is 7.31. The lowest BCUT2D eigenvalue weighted by molar-refractivity contribution is -0.908. The highest BCUT2D eigenvalue weighted by Crippen LogP contribution is 1.97. The molecule has 0 saturated carbocycles. The topological polar surface area (TPSA) is 35.7 Å². The number of carbonyl (C=O) groups excluding carboxylic acids is 1. The van der Waals surface area contributed by atoms with E-state index >= 15 is 0 Å². The third-order valence-electron chi connectivity index (χ3n) is 2.89. The van der Waals surface area contributed by atoms with E-state index in [1.54, 1.807) is 4.90 Å². The Morgan fingerprint density at radius 1 is 1.47 bits per heavy atom. The van der Waals surface area contributed by atoms with Gasteiger partial charge in [-0.05, 0) is 12.1 Å². The lowest BCUT2D eigenvalue weighted by Gasteiger charge is -2.23. The number of rotatable bonds is 4. The third kappa shape index (κ3) is 2.67. The molecule has 82 valence electrons. The Bertz CT molecular complexity index is 316. The van der Waals surface area contributed by atoms with Crippen molar-refractivity contribution < 1.29 is 14.4 Å². The Morgan fingerprint density at radius 2 is 2.27 bits per heavy atom. The number of nitrogens with one attached hydrogen (secondary N) is 1. The standard InChI is InChI=1S/C11H16N2O2/c14-10-11-2-1-3-13(11)5-4-12-6-8-15-9-7-12/h1-3,10H,4-9H2/p+1. The van der Waals surface area contributed by atoms with Crippen LogP contribution in [0.3, 0.4) is 0 Å². The summed E-state index contributed by atoms with van der Waals surface area (Å²) >= 11 is 0. The zero-order chi connectivity index (χ0) is 10.5. The average Bonchev–Trinajstić information content (AvgIpc) is 2.75. The van der Waals surface area contributed by atoms with Gasteiger partial charge in [-0.1, -0.05) is 0 Å². The van der Waals surface area contributed by atoms with Crippen molar-refractivity contribution in [3.63, 3.8) is 0 Å². The highest BCUT2D eigenvalue weighted by molar-refractivity contribution is 5.72. The molecule has 1 aromatic heterocycles. The van der Waals surface area contributed by atoms with Crippen LogP contribution in [-0.4, -0.2) is 43.7 Å². The predicted molar refractivity (Wildman–Crippen MR) is 56.2 cm³/mol. The number of morpholine rings is 1. The summed E-state index contributed by atoms with van der Waals surface area (Å²) in [5.74, 6) is 0. The Kier molecular flexibility index (Phi) is 3.53. The second-order valence-corrected chi connectivity index (χ2v) is 3.86. The van der Waals surface area contributed by atoms with E-state index in [1.165, 1.54) is 0 Å². The minimum atomic E-state index is 0.766. The molecular weight excluding hydrogens is 192 g/mol. The number of quaternary nitrogens is 1. The van der Waals surface area contributed by atoms with Gasteiger partial charge < -0.3 is 14.2 Å². The van der Waals surface area contributed by atoms with Crippen molar-refractivity contribution in [1.29, 1.82) is 0 Å². The average molecular weight is 209 g/mol. The number of aromatic nitrogens is 1. The van der Waals surface area contributed by atoms with Crippen molar-refractivity contribution in [2.24, 2.45) is 0 Å². The molecule has 1 N–H and O–H groups in total. The van der Waals surface area contributed by atoms with Crippen LogP contribution in [0.15, 0.2) is 18.3 Å². The van der Waals surface area contributed by atoms with Crippen molar-refractivity contribution in [3.05, 3.63) is 24.0 Å². The van der Waals surface area contributed by atoms with Crippen LogP contribution in [0.1, 0.15) is 10.5 Å². The normalized spacial score (nSPS) is 17.9. The fourth-order valence-corrected chi connectivity index (χ4v) is 1.93. The molecule has 15 heavy (non-hydrogen) atoms. The van der Waals surface area contributed by atoms with Gasteiger partial charge in [-0.3, -0.25) is 4.79 Å². The van der Waals surface area contributed by atoms with E-state index in [1.807, 2.05) is 22.9 Å². The number of hydrogen-bond acceptors (Lipinski definition) is 2. The molecule has 2 heterocycles. The molecule has 2 rings (SSSR count). The van der Waals surface area contributed by atoms with Gasteiger partial charge in [0.15, 0.2) is 6.29 Å². The summed E-state index contributed by atoms with van der Waals surface area (Å²) in [4.78, 5) is 12.3. The summed E-state index contributed by atoms with van der Waals surface area (Å²) in [5, 5.41) is 0. The zero-order valence-electron chi connectivity index (χ0n) is 8.82. The molecule has 0 aliphatic carbocycles. The van der Waals surface area contributed by atoms with E-state index in [9.17, 15) is 4.79 Å². The van der Waals surface area contributed by atoms with E-state index in [2.05, 4.69) is 0 Å². The quantitative estimate of drug-likeness (QED) is 0.660. The molecule has 0 spiro atoms. The minimum Gasteiger partial charge on any atom is -0.370 e. The molecule has 4 nitrogen and oxygen atoms in total. The van der Waals surface area contributed by atoms with Gasteiger partial charge in [0, 0.05) is 6.20 Å². The maximum absolute atomic E-state index is 10.7. The first kappa shape index (κ1) is 10.4. The summed E-state index contributed by atoms with van der Waals surface area (Å²) in [7, 11) is 0. The minimum absolute atomic E-state index is 0.766. The summed E-state index contributed by atoms with van der Waals surface area (Å²) in [6.07, 6.45) is 2.87. The molecule has 1 aliphatic heterocycles. The van der Waals surface area contributed by atoms with Gasteiger partial charge in [-0.15, -0.1) is 0 Å². The van der Waals surface area contributed by atoms with Crippen LogP contribution in [0, 0.1) is 0 Å². The predicted octanol–water partition coefficient (Wildman–Crippen LogP) is -0.784. The van der Waals surface area contributed by atoms with Crippen molar-refractivity contribution in [3.8, 4) is 0 Å². The molecule has 0 bridgehead atoms.